The van der Waals surface area contributed by atoms with Gasteiger partial charge in [-0.1, -0.05) is 127 Å². The van der Waals surface area contributed by atoms with Crippen LogP contribution in [-0.4, -0.2) is 4.57 Å². The van der Waals surface area contributed by atoms with Gasteiger partial charge in [0.2, 0.25) is 0 Å². The van der Waals surface area contributed by atoms with Crippen LogP contribution in [0.2, 0.25) is 0 Å². The summed E-state index contributed by atoms with van der Waals surface area (Å²) in [7, 11) is 0. The van der Waals surface area contributed by atoms with Gasteiger partial charge in [0.05, 0.1) is 27.8 Å². The summed E-state index contributed by atoms with van der Waals surface area (Å²) >= 11 is 1.85. The van der Waals surface area contributed by atoms with Crippen LogP contribution in [0.1, 0.15) is 0 Å². The van der Waals surface area contributed by atoms with Gasteiger partial charge in [-0.25, -0.2) is 0 Å². The Balaban J connectivity index is 1.19. The average molecular weight is 759 g/mol. The van der Waals surface area contributed by atoms with Crippen molar-refractivity contribution >= 4 is 92.3 Å². The zero-order valence-corrected chi connectivity index (χ0v) is 32.2. The van der Waals surface area contributed by atoms with Crippen LogP contribution < -0.4 is 4.90 Å². The first-order valence-electron chi connectivity index (χ1n) is 19.7. The topological polar surface area (TPSA) is 21.3 Å². The van der Waals surface area contributed by atoms with Crippen molar-refractivity contribution in [3.8, 4) is 27.9 Å². The monoisotopic (exact) mass is 758 g/mol. The third-order valence-electron chi connectivity index (χ3n) is 11.6. The first-order chi connectivity index (χ1) is 28.8. The molecule has 12 rings (SSSR count). The first-order valence-corrected chi connectivity index (χ1v) is 20.5. The van der Waals surface area contributed by atoms with E-state index in [4.69, 9.17) is 4.42 Å². The summed E-state index contributed by atoms with van der Waals surface area (Å²) in [6.07, 6.45) is 0. The van der Waals surface area contributed by atoms with E-state index < -0.39 is 0 Å². The Hall–Kier alpha value is -7.40. The zero-order chi connectivity index (χ0) is 38.2. The molecule has 0 amide bonds. The molecular formula is C54H34N2OS. The van der Waals surface area contributed by atoms with Crippen LogP contribution >= 0.6 is 11.3 Å². The van der Waals surface area contributed by atoms with E-state index in [0.29, 0.717) is 0 Å². The summed E-state index contributed by atoms with van der Waals surface area (Å²) in [5.41, 5.74) is 13.0. The normalized spacial score (nSPS) is 11.8. The minimum atomic E-state index is 0.863. The lowest BCUT2D eigenvalue weighted by atomic mass is 9.98. The SMILES string of the molecule is c1ccc(-c2ccc3c(c2)oc2c(-c4ccccc4)ccc(N(c4ccc5c(c4)c4ccccc4n5-c4ccccc4)c4cccc5sc6ccccc6c45)c23)cc1. The highest BCUT2D eigenvalue weighted by Crippen LogP contribution is 2.50. The van der Waals surface area contributed by atoms with E-state index in [2.05, 4.69) is 216 Å². The molecule has 3 nitrogen and oxygen atoms in total. The number of hydrogen-bond acceptors (Lipinski definition) is 3. The van der Waals surface area contributed by atoms with E-state index in [9.17, 15) is 0 Å². The van der Waals surface area contributed by atoms with Gasteiger partial charge in [0.15, 0.2) is 0 Å². The van der Waals surface area contributed by atoms with Crippen molar-refractivity contribution in [1.82, 2.24) is 4.57 Å². The number of aromatic nitrogens is 1. The Bertz CT molecular complexity index is 3510. The van der Waals surface area contributed by atoms with Crippen LogP contribution in [0.15, 0.2) is 211 Å². The molecule has 4 heteroatoms. The molecule has 0 unspecified atom stereocenters. The molecule has 9 aromatic carbocycles. The van der Waals surface area contributed by atoms with Crippen molar-refractivity contribution in [3.05, 3.63) is 206 Å². The number of furan rings is 1. The molecule has 0 atom stereocenters. The summed E-state index contributed by atoms with van der Waals surface area (Å²) < 4.78 is 12.0. The minimum Gasteiger partial charge on any atom is -0.455 e. The highest BCUT2D eigenvalue weighted by molar-refractivity contribution is 7.26. The Morgan fingerprint density at radius 2 is 1.09 bits per heavy atom. The second kappa shape index (κ2) is 13.1. The van der Waals surface area contributed by atoms with Crippen molar-refractivity contribution in [3.63, 3.8) is 0 Å². The molecule has 0 fully saturated rings. The van der Waals surface area contributed by atoms with E-state index in [-0.39, 0.29) is 0 Å². The Kier molecular flexibility index (Phi) is 7.40. The van der Waals surface area contributed by atoms with E-state index in [1.807, 2.05) is 11.3 Å². The fraction of sp³-hybridized carbons (Fsp3) is 0. The first kappa shape index (κ1) is 32.8. The maximum absolute atomic E-state index is 7.06. The summed E-state index contributed by atoms with van der Waals surface area (Å²) in [4.78, 5) is 2.48. The molecule has 3 heterocycles. The van der Waals surface area contributed by atoms with Crippen LogP contribution in [0.4, 0.5) is 17.1 Å². The van der Waals surface area contributed by atoms with Crippen molar-refractivity contribution in [2.24, 2.45) is 0 Å². The molecule has 0 N–H and O–H groups in total. The minimum absolute atomic E-state index is 0.863. The van der Waals surface area contributed by atoms with Crippen LogP contribution in [-0.2, 0) is 0 Å². The Morgan fingerprint density at radius 1 is 0.414 bits per heavy atom. The van der Waals surface area contributed by atoms with Gasteiger partial charge in [-0.2, -0.15) is 0 Å². The van der Waals surface area contributed by atoms with Gasteiger partial charge in [-0.05, 0) is 95.6 Å². The second-order valence-electron chi connectivity index (χ2n) is 14.9. The van der Waals surface area contributed by atoms with E-state index >= 15 is 0 Å². The highest BCUT2D eigenvalue weighted by atomic mass is 32.1. The van der Waals surface area contributed by atoms with Gasteiger partial charge in [0.1, 0.15) is 11.2 Å². The summed E-state index contributed by atoms with van der Waals surface area (Å²) in [5, 5.41) is 7.08. The fourth-order valence-corrected chi connectivity index (χ4v) is 10.1. The smallest absolute Gasteiger partial charge is 0.145 e. The van der Waals surface area contributed by atoms with E-state index in [1.165, 1.54) is 42.0 Å². The number of anilines is 3. The van der Waals surface area contributed by atoms with Crippen LogP contribution in [0, 0.1) is 0 Å². The Labute approximate surface area is 338 Å². The van der Waals surface area contributed by atoms with Gasteiger partial charge in [-0.3, -0.25) is 0 Å². The lowest BCUT2D eigenvalue weighted by Crippen LogP contribution is -2.11. The van der Waals surface area contributed by atoms with Gasteiger partial charge >= 0.3 is 0 Å². The molecule has 0 saturated heterocycles. The molecule has 0 radical (unpaired) electrons. The van der Waals surface area contributed by atoms with Crippen molar-refractivity contribution in [2.45, 2.75) is 0 Å². The molecule has 272 valence electrons. The Morgan fingerprint density at radius 3 is 1.91 bits per heavy atom. The zero-order valence-electron chi connectivity index (χ0n) is 31.3. The van der Waals surface area contributed by atoms with Crippen LogP contribution in [0.5, 0.6) is 0 Å². The highest BCUT2D eigenvalue weighted by Gasteiger charge is 2.25. The lowest BCUT2D eigenvalue weighted by molar-refractivity contribution is 0.670. The fourth-order valence-electron chi connectivity index (χ4n) is 9.01. The van der Waals surface area contributed by atoms with Gasteiger partial charge in [0.25, 0.3) is 0 Å². The molecule has 0 saturated carbocycles. The molecular weight excluding hydrogens is 725 g/mol. The standard InChI is InChI=1S/C54H34N2OS/c1-4-15-35(16-5-1)37-27-29-42-49(33-37)57-54-40(36-17-6-2-7-18-36)30-32-48(53(42)54)56(47-24-14-26-51-52(47)43-22-11-13-25-50(43)58-51)39-28-31-46-44(34-39)41-21-10-12-23-45(41)55(46)38-19-8-3-9-20-38/h1-34H. The summed E-state index contributed by atoms with van der Waals surface area (Å²) in [5.74, 6) is 0. The van der Waals surface area contributed by atoms with Crippen molar-refractivity contribution in [1.29, 1.82) is 0 Å². The second-order valence-corrected chi connectivity index (χ2v) is 15.9. The van der Waals surface area contributed by atoms with E-state index in [1.54, 1.807) is 0 Å². The van der Waals surface area contributed by atoms with Crippen LogP contribution in [0.3, 0.4) is 0 Å². The molecule has 0 aliphatic heterocycles. The van der Waals surface area contributed by atoms with Crippen LogP contribution in [0.25, 0.3) is 91.9 Å². The predicted molar refractivity (Wildman–Crippen MR) is 247 cm³/mol. The number of thiophene rings is 1. The number of rotatable bonds is 6. The predicted octanol–water partition coefficient (Wildman–Crippen LogP) is 15.9. The molecule has 58 heavy (non-hydrogen) atoms. The van der Waals surface area contributed by atoms with Crippen molar-refractivity contribution < 1.29 is 4.42 Å². The summed E-state index contributed by atoms with van der Waals surface area (Å²) in [6.45, 7) is 0. The maximum atomic E-state index is 7.06. The third-order valence-corrected chi connectivity index (χ3v) is 12.7. The third kappa shape index (κ3) is 5.05. The van der Waals surface area contributed by atoms with Gasteiger partial charge < -0.3 is 13.9 Å². The number of para-hydroxylation sites is 2. The molecule has 12 aromatic rings. The number of benzene rings is 9. The maximum Gasteiger partial charge on any atom is 0.145 e. The average Bonchev–Trinajstić information content (AvgIpc) is 3.97. The van der Waals surface area contributed by atoms with Gasteiger partial charge in [0, 0.05) is 53.3 Å². The largest absolute Gasteiger partial charge is 0.455 e. The van der Waals surface area contributed by atoms with E-state index in [0.717, 1.165) is 66.9 Å². The molecule has 0 spiro atoms. The van der Waals surface area contributed by atoms with Gasteiger partial charge in [-0.15, -0.1) is 11.3 Å². The lowest BCUT2D eigenvalue weighted by Gasteiger charge is -2.28. The number of fused-ring (bicyclic) bond motifs is 9. The molecule has 0 aliphatic rings. The van der Waals surface area contributed by atoms with Crippen molar-refractivity contribution in [2.75, 3.05) is 4.90 Å². The molecule has 0 bridgehead atoms. The number of nitrogens with zero attached hydrogens (tertiary/aromatic N) is 2. The quantitative estimate of drug-likeness (QED) is 0.168. The molecule has 3 aromatic heterocycles. The number of hydrogen-bond donors (Lipinski definition) is 0. The molecule has 0 aliphatic carbocycles. The summed E-state index contributed by atoms with van der Waals surface area (Å²) in [6, 6.07) is 74.3.